The quantitative estimate of drug-likeness (QED) is 0.0495. The first-order valence-corrected chi connectivity index (χ1v) is 28.5. The Balaban J connectivity index is 1.11. The Morgan fingerprint density at radius 3 is 1.73 bits per heavy atom. The second kappa shape index (κ2) is 26.2. The molecule has 0 bridgehead atoms. The number of aryl methyl sites for hydroxylation is 2. The molecular formula is C55H70F2N8O8S2. The molecule has 4 aromatic rings. The largest absolute Gasteiger partial charge is 0.379 e. The molecule has 1 aliphatic carbocycles. The fraction of sp³-hybridized carbons (Fsp3) is 0.491. The first-order valence-electron chi connectivity index (χ1n) is 25.5. The summed E-state index contributed by atoms with van der Waals surface area (Å²) >= 11 is 0. The van der Waals surface area contributed by atoms with Crippen LogP contribution in [0.3, 0.4) is 0 Å². The van der Waals surface area contributed by atoms with Crippen molar-refractivity contribution in [2.75, 3.05) is 58.6 Å². The summed E-state index contributed by atoms with van der Waals surface area (Å²) in [5.41, 5.74) is -0.263. The normalized spacial score (nSPS) is 17.6. The number of carbonyl (C=O) groups excluding carboxylic acids is 2. The minimum absolute atomic E-state index is 0.129. The maximum Gasteiger partial charge on any atom is 0.265 e. The van der Waals surface area contributed by atoms with Gasteiger partial charge in [0.25, 0.3) is 31.9 Å². The van der Waals surface area contributed by atoms with E-state index in [-0.39, 0.29) is 34.6 Å². The molecule has 20 heteroatoms. The number of hydrogen-bond donors (Lipinski definition) is 4. The molecule has 1 aliphatic heterocycles. The maximum absolute atomic E-state index is 16.1. The molecule has 3 atom stereocenters. The van der Waals surface area contributed by atoms with Crippen molar-refractivity contribution in [3.05, 3.63) is 118 Å². The number of ether oxygens (including phenoxy) is 2. The molecule has 2 fully saturated rings. The van der Waals surface area contributed by atoms with Crippen molar-refractivity contribution < 1.29 is 44.7 Å². The number of rotatable bonds is 25. The van der Waals surface area contributed by atoms with E-state index >= 15 is 8.78 Å². The number of amides is 2. The summed E-state index contributed by atoms with van der Waals surface area (Å²) in [6, 6.07) is 24.8. The SMILES string of the molecule is COC1(C(=O)NS(=O)(=O)c2cc(F)c(N[C@@H](CCc3cccc(CN(C)CC[C@H](CCc4ccccc4)Nc4c(F)cc(S(=O)(=O)NC(=O)[C@]5(C)CCCCO5)cc4C#N)c3)CCN(C)C)c(C#N)c2)CCCCC1. The number of halogens is 2. The van der Waals surface area contributed by atoms with Gasteiger partial charge in [-0.2, -0.15) is 10.5 Å². The first kappa shape index (κ1) is 58.3. The van der Waals surface area contributed by atoms with Crippen molar-refractivity contribution in [2.24, 2.45) is 0 Å². The van der Waals surface area contributed by atoms with Crippen molar-refractivity contribution in [1.29, 1.82) is 10.5 Å². The van der Waals surface area contributed by atoms with Crippen molar-refractivity contribution >= 4 is 43.2 Å². The number of hydrogen-bond acceptors (Lipinski definition) is 14. The molecule has 75 heavy (non-hydrogen) atoms. The smallest absolute Gasteiger partial charge is 0.265 e. The fourth-order valence-corrected chi connectivity index (χ4v) is 11.8. The molecule has 1 saturated heterocycles. The Morgan fingerprint density at radius 2 is 1.20 bits per heavy atom. The van der Waals surface area contributed by atoms with E-state index in [2.05, 4.69) is 26.3 Å². The van der Waals surface area contributed by atoms with Gasteiger partial charge in [-0.25, -0.2) is 35.1 Å². The third-order valence-electron chi connectivity index (χ3n) is 14.2. The lowest BCUT2D eigenvalue weighted by Gasteiger charge is -2.34. The molecule has 0 radical (unpaired) electrons. The highest BCUT2D eigenvalue weighted by Crippen LogP contribution is 2.33. The standard InChI is InChI=1S/C55H70F2N8O8S2/c1-54(25-12-13-30-73-54)52(66)62-74(68,69)46-32-42(36-58)51(48(56)34-46)61-45(21-19-39-15-8-6-9-16-39)24-29-65(4)38-41-18-14-17-40(31-41)20-22-44(23-28-64(2)3)60-50-43(37-59)33-47(35-49(50)57)75(70,71)63-53(67)55(72-5)26-10-7-11-27-55/h6,8-9,14-18,31-35,44-45,60-61H,7,10-13,19-30,38H2,1-5H3,(H,62,66)(H,63,67)/t44-,45-,54-/m0/s1. The lowest BCUT2D eigenvalue weighted by atomic mass is 9.84. The predicted octanol–water partition coefficient (Wildman–Crippen LogP) is 7.93. The lowest BCUT2D eigenvalue weighted by Crippen LogP contribution is -2.51. The van der Waals surface area contributed by atoms with Crippen LogP contribution in [0.1, 0.15) is 112 Å². The van der Waals surface area contributed by atoms with Crippen molar-refractivity contribution in [3.63, 3.8) is 0 Å². The van der Waals surface area contributed by atoms with Gasteiger partial charge >= 0.3 is 0 Å². The number of nitrogens with one attached hydrogen (secondary N) is 4. The Kier molecular flexibility index (Phi) is 20.3. The molecule has 404 valence electrons. The molecule has 2 amide bonds. The zero-order chi connectivity index (χ0) is 54.4. The van der Waals surface area contributed by atoms with Crippen LogP contribution < -0.4 is 20.1 Å². The second-order valence-electron chi connectivity index (χ2n) is 20.2. The minimum Gasteiger partial charge on any atom is -0.379 e. The van der Waals surface area contributed by atoms with Crippen LogP contribution in [-0.2, 0) is 58.5 Å². The molecule has 0 aromatic heterocycles. The summed E-state index contributed by atoms with van der Waals surface area (Å²) in [7, 11) is -1.94. The summed E-state index contributed by atoms with van der Waals surface area (Å²) in [5.74, 6) is -3.57. The molecule has 1 saturated carbocycles. The van der Waals surface area contributed by atoms with E-state index in [1.807, 2.05) is 91.4 Å². The Hall–Kier alpha value is -6.00. The molecule has 4 aromatic carbocycles. The van der Waals surface area contributed by atoms with Crippen LogP contribution in [0.4, 0.5) is 20.2 Å². The highest BCUT2D eigenvalue weighted by Gasteiger charge is 2.42. The van der Waals surface area contributed by atoms with E-state index in [0.717, 1.165) is 53.8 Å². The summed E-state index contributed by atoms with van der Waals surface area (Å²) in [6.07, 6.45) is 8.19. The number of benzene rings is 4. The van der Waals surface area contributed by atoms with E-state index in [1.54, 1.807) is 0 Å². The zero-order valence-corrected chi connectivity index (χ0v) is 45.1. The zero-order valence-electron chi connectivity index (χ0n) is 43.5. The number of carbonyl (C=O) groups is 2. The average Bonchev–Trinajstić information content (AvgIpc) is 3.38. The summed E-state index contributed by atoms with van der Waals surface area (Å²) in [5, 5.41) is 26.7. The third kappa shape index (κ3) is 15.8. The van der Waals surface area contributed by atoms with Crippen LogP contribution in [0.25, 0.3) is 0 Å². The number of nitriles is 2. The van der Waals surface area contributed by atoms with Crippen LogP contribution >= 0.6 is 0 Å². The van der Waals surface area contributed by atoms with Gasteiger partial charge in [0.2, 0.25) is 0 Å². The highest BCUT2D eigenvalue weighted by atomic mass is 32.2. The summed E-state index contributed by atoms with van der Waals surface area (Å²) in [4.78, 5) is 29.3. The van der Waals surface area contributed by atoms with Gasteiger partial charge in [0.05, 0.1) is 32.3 Å². The molecule has 2 aliphatic rings. The van der Waals surface area contributed by atoms with Crippen LogP contribution in [0.5, 0.6) is 0 Å². The van der Waals surface area contributed by atoms with Crippen LogP contribution in [0, 0.1) is 34.3 Å². The number of sulfonamides is 2. The van der Waals surface area contributed by atoms with Gasteiger partial charge in [0.1, 0.15) is 35.0 Å². The van der Waals surface area contributed by atoms with E-state index in [4.69, 9.17) is 9.47 Å². The molecular weight excluding hydrogens is 1000 g/mol. The van der Waals surface area contributed by atoms with Gasteiger partial charge < -0.3 is 29.9 Å². The van der Waals surface area contributed by atoms with Gasteiger partial charge in [-0.3, -0.25) is 9.59 Å². The monoisotopic (exact) mass is 1070 g/mol. The third-order valence-corrected chi connectivity index (χ3v) is 16.8. The van der Waals surface area contributed by atoms with E-state index in [9.17, 15) is 36.9 Å². The van der Waals surface area contributed by atoms with Crippen LogP contribution in [-0.4, -0.2) is 110 Å². The van der Waals surface area contributed by atoms with Crippen molar-refractivity contribution in [1.82, 2.24) is 19.2 Å². The summed E-state index contributed by atoms with van der Waals surface area (Å²) in [6.45, 7) is 3.58. The van der Waals surface area contributed by atoms with Gasteiger partial charge in [0, 0.05) is 38.9 Å². The molecule has 0 unspecified atom stereocenters. The Morgan fingerprint density at radius 1 is 0.680 bits per heavy atom. The van der Waals surface area contributed by atoms with Gasteiger partial charge in [-0.05, 0) is 146 Å². The van der Waals surface area contributed by atoms with Gasteiger partial charge in [0.15, 0.2) is 0 Å². The lowest BCUT2D eigenvalue weighted by molar-refractivity contribution is -0.148. The van der Waals surface area contributed by atoms with E-state index in [0.29, 0.717) is 103 Å². The number of methoxy groups -OCH3 is 1. The van der Waals surface area contributed by atoms with Crippen LogP contribution in [0.2, 0.25) is 0 Å². The summed E-state index contributed by atoms with van der Waals surface area (Å²) < 4.78 is 101. The van der Waals surface area contributed by atoms with Crippen molar-refractivity contribution in [2.45, 2.75) is 136 Å². The second-order valence-corrected chi connectivity index (χ2v) is 23.6. The Bertz CT molecular complexity index is 2940. The minimum atomic E-state index is -4.56. The van der Waals surface area contributed by atoms with Gasteiger partial charge in [-0.15, -0.1) is 0 Å². The fourth-order valence-electron chi connectivity index (χ4n) is 9.64. The van der Waals surface area contributed by atoms with E-state index < -0.39 is 64.5 Å². The highest BCUT2D eigenvalue weighted by molar-refractivity contribution is 7.90. The number of nitrogens with zero attached hydrogens (tertiary/aromatic N) is 4. The molecule has 4 N–H and O–H groups in total. The molecule has 1 heterocycles. The predicted molar refractivity (Wildman–Crippen MR) is 282 cm³/mol. The molecule has 6 rings (SSSR count). The maximum atomic E-state index is 16.1. The molecule has 16 nitrogen and oxygen atoms in total. The number of anilines is 2. The van der Waals surface area contributed by atoms with Gasteiger partial charge in [-0.1, -0.05) is 73.9 Å². The topological polar surface area (TPSA) is 223 Å². The molecule has 0 spiro atoms. The Labute approximate surface area is 441 Å². The van der Waals surface area contributed by atoms with Crippen LogP contribution in [0.15, 0.2) is 88.7 Å². The van der Waals surface area contributed by atoms with Crippen molar-refractivity contribution in [3.8, 4) is 12.1 Å². The average molecular weight is 1070 g/mol. The van der Waals surface area contributed by atoms with E-state index in [1.165, 1.54) is 14.0 Å². The first-order chi connectivity index (χ1) is 35.7.